The lowest BCUT2D eigenvalue weighted by atomic mass is 10.0. The highest BCUT2D eigenvalue weighted by Crippen LogP contribution is 2.53. The van der Waals surface area contributed by atoms with Gasteiger partial charge in [0.1, 0.15) is 6.04 Å². The van der Waals surface area contributed by atoms with Crippen LogP contribution in [0.5, 0.6) is 0 Å². The molecule has 0 aromatic rings. The van der Waals surface area contributed by atoms with E-state index >= 15 is 0 Å². The smallest absolute Gasteiger partial charge is 0.323 e. The molecule has 0 bridgehead atoms. The van der Waals surface area contributed by atoms with Gasteiger partial charge in [-0.1, -0.05) is 26.0 Å². The van der Waals surface area contributed by atoms with Gasteiger partial charge in [-0.2, -0.15) is 0 Å². The Labute approximate surface area is 106 Å². The Kier molecular flexibility index (Phi) is 5.20. The summed E-state index contributed by atoms with van der Waals surface area (Å²) < 4.78 is 18.5. The third kappa shape index (κ3) is 3.55. The number of ether oxygens (including phenoxy) is 1. The van der Waals surface area contributed by atoms with Crippen LogP contribution in [0.1, 0.15) is 13.8 Å². The minimum Gasteiger partial charge on any atom is -0.468 e. The van der Waals surface area contributed by atoms with Gasteiger partial charge < -0.3 is 4.74 Å². The summed E-state index contributed by atoms with van der Waals surface area (Å²) >= 11 is 6.00. The lowest BCUT2D eigenvalue weighted by Crippen LogP contribution is -2.44. The number of carbonyl (C=O) groups excluding carboxylic acids is 1. The van der Waals surface area contributed by atoms with Crippen LogP contribution in [-0.4, -0.2) is 36.9 Å². The molecule has 0 spiro atoms. The van der Waals surface area contributed by atoms with Gasteiger partial charge >= 0.3 is 12.8 Å². The maximum atomic E-state index is 12.3. The van der Waals surface area contributed by atoms with Crippen molar-refractivity contribution < 1.29 is 14.1 Å². The Morgan fingerprint density at radius 2 is 2.18 bits per heavy atom. The van der Waals surface area contributed by atoms with Crippen molar-refractivity contribution >= 4 is 24.0 Å². The lowest BCUT2D eigenvalue weighted by Gasteiger charge is -2.33. The van der Waals surface area contributed by atoms with E-state index in [-0.39, 0.29) is 5.92 Å². The van der Waals surface area contributed by atoms with E-state index in [0.29, 0.717) is 13.1 Å². The van der Waals surface area contributed by atoms with Gasteiger partial charge in [-0.25, -0.2) is 9.76 Å². The lowest BCUT2D eigenvalue weighted by molar-refractivity contribution is -0.146. The van der Waals surface area contributed by atoms with Crippen LogP contribution < -0.4 is 5.09 Å². The maximum Gasteiger partial charge on any atom is 0.323 e. The second-order valence-corrected chi connectivity index (χ2v) is 7.38. The number of nitrogens with one attached hydrogen (secondary N) is 1. The largest absolute Gasteiger partial charge is 0.468 e. The maximum absolute atomic E-state index is 12.3. The molecular weight excluding hydrogens is 263 g/mol. The van der Waals surface area contributed by atoms with Crippen molar-refractivity contribution in [3.63, 3.8) is 0 Å². The van der Waals surface area contributed by atoms with Crippen molar-refractivity contribution in [1.29, 1.82) is 0 Å². The van der Waals surface area contributed by atoms with Crippen LogP contribution in [0.15, 0.2) is 12.2 Å². The molecule has 5 nitrogen and oxygen atoms in total. The first-order chi connectivity index (χ1) is 7.90. The van der Waals surface area contributed by atoms with Gasteiger partial charge in [0.2, 0.25) is 0 Å². The minimum absolute atomic E-state index is 0.0391. The molecule has 1 heterocycles. The predicted octanol–water partition coefficient (Wildman–Crippen LogP) is 1.99. The monoisotopic (exact) mass is 280 g/mol. The van der Waals surface area contributed by atoms with Crippen LogP contribution in [0.2, 0.25) is 0 Å². The van der Waals surface area contributed by atoms with Crippen molar-refractivity contribution in [1.82, 2.24) is 9.76 Å². The zero-order valence-electron chi connectivity index (χ0n) is 10.2. The van der Waals surface area contributed by atoms with Crippen LogP contribution in [0.4, 0.5) is 0 Å². The average Bonchev–Trinajstić information content (AvgIpc) is 2.40. The molecular formula is C10H18ClN2O3P. The number of hydrogen-bond donors (Lipinski definition) is 1. The van der Waals surface area contributed by atoms with Crippen molar-refractivity contribution in [2.24, 2.45) is 5.92 Å². The fourth-order valence-corrected chi connectivity index (χ4v) is 3.93. The number of halogens is 1. The molecule has 7 heteroatoms. The number of esters is 1. The van der Waals surface area contributed by atoms with Crippen LogP contribution >= 0.6 is 18.0 Å². The van der Waals surface area contributed by atoms with Crippen LogP contribution in [-0.2, 0) is 14.1 Å². The van der Waals surface area contributed by atoms with E-state index in [2.05, 4.69) is 5.09 Å². The quantitative estimate of drug-likeness (QED) is 0.487. The molecule has 0 fully saturated rings. The van der Waals surface area contributed by atoms with Crippen LogP contribution in [0.25, 0.3) is 0 Å². The standard InChI is InChI=1S/C10H18ClN2O3P/c1-8(2)9(10(14)16-3)13-7-5-4-6-12-17(13,11)15/h4-5,8-9H,6-7H2,1-3H3,(H,12,15)/t9-,17?/m0/s1. The molecule has 0 aliphatic carbocycles. The van der Waals surface area contributed by atoms with Gasteiger partial charge in [-0.3, -0.25) is 9.36 Å². The average molecular weight is 281 g/mol. The molecule has 0 saturated heterocycles. The Bertz CT molecular complexity index is 359. The second-order valence-electron chi connectivity index (χ2n) is 4.17. The number of hydrogen-bond acceptors (Lipinski definition) is 3. The Balaban J connectivity index is 3.02. The Morgan fingerprint density at radius 1 is 1.53 bits per heavy atom. The molecule has 0 radical (unpaired) electrons. The van der Waals surface area contributed by atoms with Crippen LogP contribution in [0, 0.1) is 5.92 Å². The number of methoxy groups -OCH3 is 1. The number of rotatable bonds is 3. The van der Waals surface area contributed by atoms with E-state index in [1.54, 1.807) is 0 Å². The summed E-state index contributed by atoms with van der Waals surface area (Å²) in [4.78, 5) is 11.8. The highest BCUT2D eigenvalue weighted by Gasteiger charge is 2.40. The van der Waals surface area contributed by atoms with Gasteiger partial charge in [0.05, 0.1) is 7.11 Å². The van der Waals surface area contributed by atoms with Gasteiger partial charge in [-0.15, -0.1) is 0 Å². The van der Waals surface area contributed by atoms with E-state index < -0.39 is 18.8 Å². The molecule has 1 N–H and O–H groups in total. The van der Waals surface area contributed by atoms with Crippen molar-refractivity contribution in [2.75, 3.05) is 20.2 Å². The highest BCUT2D eigenvalue weighted by atomic mass is 35.7. The molecule has 2 atom stereocenters. The van der Waals surface area contributed by atoms with Crippen LogP contribution in [0.3, 0.4) is 0 Å². The van der Waals surface area contributed by atoms with Crippen molar-refractivity contribution in [3.05, 3.63) is 12.2 Å². The topological polar surface area (TPSA) is 58.6 Å². The first-order valence-electron chi connectivity index (χ1n) is 5.45. The third-order valence-corrected chi connectivity index (χ3v) is 5.18. The summed E-state index contributed by atoms with van der Waals surface area (Å²) in [6.45, 7) is 1.31. The van der Waals surface area contributed by atoms with E-state index in [1.165, 1.54) is 11.8 Å². The normalized spacial score (nSPS) is 27.8. The molecule has 98 valence electrons. The summed E-state index contributed by atoms with van der Waals surface area (Å²) in [5, 5.41) is 2.74. The molecule has 0 aromatic heterocycles. The predicted molar refractivity (Wildman–Crippen MR) is 68.0 cm³/mol. The summed E-state index contributed by atoms with van der Waals surface area (Å²) in [6, 6.07) is -0.612. The van der Waals surface area contributed by atoms with Gasteiger partial charge in [-0.05, 0) is 17.2 Å². The molecule has 0 saturated carbocycles. The van der Waals surface area contributed by atoms with Gasteiger partial charge in [0, 0.05) is 13.1 Å². The highest BCUT2D eigenvalue weighted by molar-refractivity contribution is 7.85. The van der Waals surface area contributed by atoms with Crippen molar-refractivity contribution in [3.8, 4) is 0 Å². The van der Waals surface area contributed by atoms with Gasteiger partial charge in [0.15, 0.2) is 0 Å². The third-order valence-electron chi connectivity index (χ3n) is 2.59. The molecule has 17 heavy (non-hydrogen) atoms. The first kappa shape index (κ1) is 14.7. The fraction of sp³-hybridized carbons (Fsp3) is 0.700. The zero-order valence-corrected chi connectivity index (χ0v) is 11.9. The molecule has 0 aromatic carbocycles. The molecule has 1 aliphatic rings. The summed E-state index contributed by atoms with van der Waals surface area (Å²) in [6.07, 6.45) is 3.68. The molecule has 1 rings (SSSR count). The Hall–Kier alpha value is -0.350. The molecule has 0 amide bonds. The fourth-order valence-electron chi connectivity index (χ4n) is 1.76. The Morgan fingerprint density at radius 3 is 2.71 bits per heavy atom. The van der Waals surface area contributed by atoms with E-state index in [9.17, 15) is 9.36 Å². The number of nitrogens with zero attached hydrogens (tertiary/aromatic N) is 1. The van der Waals surface area contributed by atoms with E-state index in [1.807, 2.05) is 26.0 Å². The molecule has 1 unspecified atom stereocenters. The van der Waals surface area contributed by atoms with E-state index in [0.717, 1.165) is 0 Å². The SMILES string of the molecule is COC(=O)[C@H](C(C)C)N1CC=CCNP1(=O)Cl. The first-order valence-corrected chi connectivity index (χ1v) is 8.01. The minimum atomic E-state index is -3.23. The summed E-state index contributed by atoms with van der Waals surface area (Å²) in [5.74, 6) is -0.458. The number of carbonyl (C=O) groups is 1. The zero-order chi connectivity index (χ0) is 13.1. The van der Waals surface area contributed by atoms with Crippen molar-refractivity contribution in [2.45, 2.75) is 19.9 Å². The second kappa shape index (κ2) is 6.01. The summed E-state index contributed by atoms with van der Waals surface area (Å²) in [7, 11) is 1.32. The molecule has 1 aliphatic heterocycles. The van der Waals surface area contributed by atoms with Gasteiger partial charge in [0.25, 0.3) is 0 Å². The van der Waals surface area contributed by atoms with E-state index in [4.69, 9.17) is 16.0 Å². The summed E-state index contributed by atoms with van der Waals surface area (Å²) in [5.41, 5.74) is 0.